The van der Waals surface area contributed by atoms with Gasteiger partial charge in [0.05, 0.1) is 15.9 Å². The molecule has 7 heteroatoms. The molecule has 1 aliphatic rings. The molecule has 1 atom stereocenters. The second-order valence-electron chi connectivity index (χ2n) is 6.88. The molecule has 26 heavy (non-hydrogen) atoms. The highest BCUT2D eigenvalue weighted by molar-refractivity contribution is 7.90. The number of fused-ring (bicyclic) bond motifs is 1. The Morgan fingerprint density at radius 1 is 1.27 bits per heavy atom. The third-order valence-electron chi connectivity index (χ3n) is 5.14. The number of aromatic nitrogens is 2. The maximum atomic E-state index is 13.2. The summed E-state index contributed by atoms with van der Waals surface area (Å²) in [6.07, 6.45) is 6.53. The van der Waals surface area contributed by atoms with E-state index in [-0.39, 0.29) is 4.90 Å². The van der Waals surface area contributed by atoms with Crippen molar-refractivity contribution in [2.45, 2.75) is 30.2 Å². The van der Waals surface area contributed by atoms with Gasteiger partial charge >= 0.3 is 0 Å². The van der Waals surface area contributed by atoms with Gasteiger partial charge in [-0.2, -0.15) is 0 Å². The molecule has 3 heterocycles. The van der Waals surface area contributed by atoms with Gasteiger partial charge in [-0.05, 0) is 68.8 Å². The van der Waals surface area contributed by atoms with Crippen LogP contribution < -0.4 is 5.73 Å². The van der Waals surface area contributed by atoms with Crippen molar-refractivity contribution in [1.29, 1.82) is 0 Å². The van der Waals surface area contributed by atoms with E-state index in [9.17, 15) is 8.42 Å². The molecule has 2 aromatic heterocycles. The Morgan fingerprint density at radius 3 is 2.85 bits per heavy atom. The van der Waals surface area contributed by atoms with Gasteiger partial charge in [0.25, 0.3) is 10.0 Å². The maximum absolute atomic E-state index is 13.2. The zero-order valence-corrected chi connectivity index (χ0v) is 15.5. The zero-order chi connectivity index (χ0) is 18.3. The quantitative estimate of drug-likeness (QED) is 0.714. The molecule has 136 valence electrons. The molecule has 2 N–H and O–H groups in total. The number of likely N-dealkylation sites (N-methyl/N-ethyl adjacent to an activating group) is 1. The number of benzene rings is 1. The van der Waals surface area contributed by atoms with Crippen LogP contribution in [0.25, 0.3) is 11.0 Å². The Kier molecular flexibility index (Phi) is 4.20. The van der Waals surface area contributed by atoms with Crippen molar-refractivity contribution in [1.82, 2.24) is 13.9 Å². The average Bonchev–Trinajstić information content (AvgIpc) is 3.20. The van der Waals surface area contributed by atoms with Crippen LogP contribution in [0.2, 0.25) is 0 Å². The standard InChI is InChI=1S/C19H22N4O2S/c1-22-10-4-6-16(22)11-14-13-23(18-8-3-9-21-19(14)18)26(24,25)17-7-2-5-15(20)12-17/h2-3,5,7-9,12-13,16H,4,6,10-11,20H2,1H3. The lowest BCUT2D eigenvalue weighted by molar-refractivity contribution is 0.309. The van der Waals surface area contributed by atoms with Crippen molar-refractivity contribution in [3.8, 4) is 0 Å². The third kappa shape index (κ3) is 2.87. The van der Waals surface area contributed by atoms with Crippen molar-refractivity contribution in [3.63, 3.8) is 0 Å². The molecule has 0 amide bonds. The first-order chi connectivity index (χ1) is 12.5. The fourth-order valence-corrected chi connectivity index (χ4v) is 5.16. The van der Waals surface area contributed by atoms with Crippen molar-refractivity contribution in [2.75, 3.05) is 19.3 Å². The number of rotatable bonds is 4. The van der Waals surface area contributed by atoms with Gasteiger partial charge < -0.3 is 10.6 Å². The van der Waals surface area contributed by atoms with Crippen molar-refractivity contribution in [3.05, 3.63) is 54.4 Å². The Morgan fingerprint density at radius 2 is 2.12 bits per heavy atom. The minimum Gasteiger partial charge on any atom is -0.399 e. The molecule has 1 fully saturated rings. The van der Waals surface area contributed by atoms with E-state index < -0.39 is 10.0 Å². The summed E-state index contributed by atoms with van der Waals surface area (Å²) in [5.41, 5.74) is 8.53. The van der Waals surface area contributed by atoms with Crippen LogP contribution in [0.4, 0.5) is 5.69 Å². The van der Waals surface area contributed by atoms with E-state index in [2.05, 4.69) is 16.9 Å². The predicted octanol–water partition coefficient (Wildman–Crippen LogP) is 2.49. The Bertz CT molecular complexity index is 1060. The summed E-state index contributed by atoms with van der Waals surface area (Å²) < 4.78 is 27.7. The number of hydrogen-bond acceptors (Lipinski definition) is 5. The highest BCUT2D eigenvalue weighted by Gasteiger charge is 2.26. The molecule has 0 bridgehead atoms. The molecule has 6 nitrogen and oxygen atoms in total. The second-order valence-corrected chi connectivity index (χ2v) is 8.69. The summed E-state index contributed by atoms with van der Waals surface area (Å²) >= 11 is 0. The summed E-state index contributed by atoms with van der Waals surface area (Å²) in [5.74, 6) is 0. The van der Waals surface area contributed by atoms with Crippen LogP contribution >= 0.6 is 0 Å². The van der Waals surface area contributed by atoms with Crippen LogP contribution in [-0.2, 0) is 16.4 Å². The second kappa shape index (κ2) is 6.41. The Labute approximate surface area is 153 Å². The summed E-state index contributed by atoms with van der Waals surface area (Å²) in [6, 6.07) is 10.4. The molecular weight excluding hydrogens is 348 g/mol. The fourth-order valence-electron chi connectivity index (χ4n) is 3.72. The number of nitrogen functional groups attached to an aromatic ring is 1. The molecule has 4 rings (SSSR count). The number of likely N-dealkylation sites (tertiary alicyclic amines) is 1. The molecule has 3 aromatic rings. The summed E-state index contributed by atoms with van der Waals surface area (Å²) in [5, 5.41) is 0. The van der Waals surface area contributed by atoms with Crippen molar-refractivity contribution >= 4 is 26.7 Å². The summed E-state index contributed by atoms with van der Waals surface area (Å²) in [7, 11) is -1.61. The lowest BCUT2D eigenvalue weighted by Gasteiger charge is -2.18. The van der Waals surface area contributed by atoms with Crippen LogP contribution in [0, 0.1) is 0 Å². The van der Waals surface area contributed by atoms with Gasteiger partial charge in [-0.3, -0.25) is 4.98 Å². The van der Waals surface area contributed by atoms with Gasteiger partial charge in [-0.25, -0.2) is 12.4 Å². The van der Waals surface area contributed by atoms with Crippen LogP contribution in [0.1, 0.15) is 18.4 Å². The van der Waals surface area contributed by atoms with E-state index in [4.69, 9.17) is 5.73 Å². The topological polar surface area (TPSA) is 81.2 Å². The lowest BCUT2D eigenvalue weighted by Crippen LogP contribution is -2.26. The molecule has 1 unspecified atom stereocenters. The number of nitrogens with zero attached hydrogens (tertiary/aromatic N) is 3. The number of anilines is 1. The van der Waals surface area contributed by atoms with Crippen molar-refractivity contribution < 1.29 is 8.42 Å². The molecule has 0 saturated carbocycles. The van der Waals surface area contributed by atoms with Crippen LogP contribution in [0.5, 0.6) is 0 Å². The first-order valence-corrected chi connectivity index (χ1v) is 10.2. The molecule has 1 aliphatic heterocycles. The van der Waals surface area contributed by atoms with E-state index in [1.807, 2.05) is 0 Å². The number of nitrogens with two attached hydrogens (primary N) is 1. The average molecular weight is 370 g/mol. The van der Waals surface area contributed by atoms with E-state index >= 15 is 0 Å². The largest absolute Gasteiger partial charge is 0.399 e. The van der Waals surface area contributed by atoms with Gasteiger partial charge in [-0.1, -0.05) is 6.07 Å². The minimum atomic E-state index is -3.73. The highest BCUT2D eigenvalue weighted by atomic mass is 32.2. The van der Waals surface area contributed by atoms with E-state index in [1.54, 1.807) is 42.7 Å². The molecule has 1 aromatic carbocycles. The van der Waals surface area contributed by atoms with Crippen LogP contribution in [-0.4, -0.2) is 41.9 Å². The molecule has 0 spiro atoms. The molecular formula is C19H22N4O2S. The predicted molar refractivity (Wildman–Crippen MR) is 103 cm³/mol. The van der Waals surface area contributed by atoms with Gasteiger partial charge in [0.1, 0.15) is 0 Å². The molecule has 1 saturated heterocycles. The lowest BCUT2D eigenvalue weighted by atomic mass is 10.1. The Hall–Kier alpha value is -2.38. The van der Waals surface area contributed by atoms with E-state index in [0.717, 1.165) is 30.5 Å². The molecule has 0 radical (unpaired) electrons. The smallest absolute Gasteiger partial charge is 0.268 e. The van der Waals surface area contributed by atoms with Gasteiger partial charge in [0.15, 0.2) is 0 Å². The summed E-state index contributed by atoms with van der Waals surface area (Å²) in [6.45, 7) is 1.08. The molecule has 0 aliphatic carbocycles. The van der Waals surface area contributed by atoms with Gasteiger partial charge in [-0.15, -0.1) is 0 Å². The van der Waals surface area contributed by atoms with E-state index in [1.165, 1.54) is 16.5 Å². The SMILES string of the molecule is CN1CCCC1Cc1cn(S(=O)(=O)c2cccc(N)c2)c2cccnc12. The van der Waals surface area contributed by atoms with E-state index in [0.29, 0.717) is 17.2 Å². The fraction of sp³-hybridized carbons (Fsp3) is 0.316. The highest BCUT2D eigenvalue weighted by Crippen LogP contribution is 2.28. The van der Waals surface area contributed by atoms with Crippen LogP contribution in [0.15, 0.2) is 53.7 Å². The zero-order valence-electron chi connectivity index (χ0n) is 14.7. The van der Waals surface area contributed by atoms with Crippen molar-refractivity contribution in [2.24, 2.45) is 0 Å². The van der Waals surface area contributed by atoms with Gasteiger partial charge in [0.2, 0.25) is 0 Å². The summed E-state index contributed by atoms with van der Waals surface area (Å²) in [4.78, 5) is 6.98. The number of hydrogen-bond donors (Lipinski definition) is 1. The monoisotopic (exact) mass is 370 g/mol. The minimum absolute atomic E-state index is 0.183. The van der Waals surface area contributed by atoms with Gasteiger partial charge in [0, 0.05) is 24.1 Å². The first-order valence-electron chi connectivity index (χ1n) is 8.73. The Balaban J connectivity index is 1.83. The first kappa shape index (κ1) is 17.1. The van der Waals surface area contributed by atoms with Crippen LogP contribution in [0.3, 0.4) is 0 Å². The normalized spacial score (nSPS) is 18.6. The maximum Gasteiger partial charge on any atom is 0.268 e. The number of pyridine rings is 1. The third-order valence-corrected chi connectivity index (χ3v) is 6.81.